The smallest absolute Gasteiger partial charge is 0.130 e. The zero-order valence-electron chi connectivity index (χ0n) is 12.6. The summed E-state index contributed by atoms with van der Waals surface area (Å²) in [6.07, 6.45) is 0.916. The van der Waals surface area contributed by atoms with Gasteiger partial charge in [-0.2, -0.15) is 0 Å². The highest BCUT2D eigenvalue weighted by Gasteiger charge is 2.07. The second kappa shape index (κ2) is 9.13. The highest BCUT2D eigenvalue weighted by molar-refractivity contribution is 5.20. The number of aryl methyl sites for hydroxylation is 1. The number of furan rings is 1. The summed E-state index contributed by atoms with van der Waals surface area (Å²) < 4.78 is 16.2. The molecule has 0 radical (unpaired) electrons. The van der Waals surface area contributed by atoms with Crippen molar-refractivity contribution in [3.8, 4) is 0 Å². The van der Waals surface area contributed by atoms with E-state index in [1.165, 1.54) is 5.56 Å². The van der Waals surface area contributed by atoms with Gasteiger partial charge in [-0.05, 0) is 31.9 Å². The van der Waals surface area contributed by atoms with Crippen molar-refractivity contribution in [2.75, 3.05) is 26.9 Å². The Balaban J connectivity index is 2.28. The van der Waals surface area contributed by atoms with E-state index >= 15 is 0 Å². The van der Waals surface area contributed by atoms with Gasteiger partial charge in [0.25, 0.3) is 0 Å². The van der Waals surface area contributed by atoms with Gasteiger partial charge in [-0.15, -0.1) is 0 Å². The number of rotatable bonds is 10. The monoisotopic (exact) mass is 269 g/mol. The largest absolute Gasteiger partial charge is 0.464 e. The van der Waals surface area contributed by atoms with E-state index in [9.17, 15) is 0 Å². The normalized spacial score (nSPS) is 11.4. The molecule has 0 fully saturated rings. The van der Waals surface area contributed by atoms with E-state index in [1.54, 1.807) is 7.11 Å². The maximum absolute atomic E-state index is 5.68. The molecule has 110 valence electrons. The van der Waals surface area contributed by atoms with Gasteiger partial charge in [-0.1, -0.05) is 13.8 Å². The quantitative estimate of drug-likeness (QED) is 0.663. The Kier molecular flexibility index (Phi) is 7.79. The van der Waals surface area contributed by atoms with Crippen molar-refractivity contribution in [1.82, 2.24) is 5.32 Å². The molecule has 0 amide bonds. The topological polar surface area (TPSA) is 43.6 Å². The first kappa shape index (κ1) is 16.2. The van der Waals surface area contributed by atoms with Crippen molar-refractivity contribution in [2.24, 2.45) is 5.92 Å². The lowest BCUT2D eigenvalue weighted by molar-refractivity contribution is 0.0823. The van der Waals surface area contributed by atoms with E-state index in [-0.39, 0.29) is 0 Å². The number of hydrogen-bond donors (Lipinski definition) is 1. The molecule has 0 atom stereocenters. The van der Waals surface area contributed by atoms with Crippen LogP contribution in [-0.2, 0) is 22.6 Å². The predicted octanol–water partition coefficient (Wildman–Crippen LogP) is 2.89. The molecule has 0 aromatic carbocycles. The van der Waals surface area contributed by atoms with Gasteiger partial charge in [0.2, 0.25) is 0 Å². The zero-order chi connectivity index (χ0) is 14.1. The van der Waals surface area contributed by atoms with E-state index in [2.05, 4.69) is 25.2 Å². The van der Waals surface area contributed by atoms with Crippen LogP contribution in [0.25, 0.3) is 0 Å². The molecule has 1 aromatic rings. The first-order chi connectivity index (χ1) is 9.13. The number of hydrogen-bond acceptors (Lipinski definition) is 4. The fourth-order valence-electron chi connectivity index (χ4n) is 1.81. The van der Waals surface area contributed by atoms with Crippen LogP contribution in [0.1, 0.15) is 37.4 Å². The SMILES string of the molecule is COCCCOCc1cc(CNCC(C)C)c(C)o1. The zero-order valence-corrected chi connectivity index (χ0v) is 12.6. The molecular formula is C15H27NO3. The molecule has 19 heavy (non-hydrogen) atoms. The first-order valence-electron chi connectivity index (χ1n) is 6.99. The Hall–Kier alpha value is -0.840. The third-order valence-electron chi connectivity index (χ3n) is 2.82. The average Bonchev–Trinajstić information content (AvgIpc) is 2.69. The molecule has 0 aliphatic heterocycles. The summed E-state index contributed by atoms with van der Waals surface area (Å²) in [4.78, 5) is 0. The molecule has 0 bridgehead atoms. The Morgan fingerprint density at radius 2 is 2.11 bits per heavy atom. The van der Waals surface area contributed by atoms with Crippen LogP contribution in [0.4, 0.5) is 0 Å². The van der Waals surface area contributed by atoms with Crippen LogP contribution in [0.3, 0.4) is 0 Å². The van der Waals surface area contributed by atoms with Crippen molar-refractivity contribution < 1.29 is 13.9 Å². The highest BCUT2D eigenvalue weighted by atomic mass is 16.5. The Labute approximate surface area is 116 Å². The Morgan fingerprint density at radius 1 is 1.32 bits per heavy atom. The van der Waals surface area contributed by atoms with Crippen molar-refractivity contribution in [3.05, 3.63) is 23.2 Å². The molecule has 4 nitrogen and oxygen atoms in total. The summed E-state index contributed by atoms with van der Waals surface area (Å²) in [6, 6.07) is 2.08. The standard InChI is InChI=1S/C15H27NO3/c1-12(2)9-16-10-14-8-15(19-13(14)3)11-18-7-5-6-17-4/h8,12,16H,5-7,9-11H2,1-4H3. The van der Waals surface area contributed by atoms with Gasteiger partial charge in [-0.25, -0.2) is 0 Å². The average molecular weight is 269 g/mol. The minimum Gasteiger partial charge on any atom is -0.464 e. The highest BCUT2D eigenvalue weighted by Crippen LogP contribution is 2.15. The van der Waals surface area contributed by atoms with Crippen LogP contribution in [0.2, 0.25) is 0 Å². The van der Waals surface area contributed by atoms with E-state index in [0.29, 0.717) is 19.1 Å². The second-order valence-corrected chi connectivity index (χ2v) is 5.22. The Morgan fingerprint density at radius 3 is 2.79 bits per heavy atom. The number of methoxy groups -OCH3 is 1. The van der Waals surface area contributed by atoms with Gasteiger partial charge < -0.3 is 19.2 Å². The van der Waals surface area contributed by atoms with E-state index in [4.69, 9.17) is 13.9 Å². The third-order valence-corrected chi connectivity index (χ3v) is 2.82. The van der Waals surface area contributed by atoms with Gasteiger partial charge in [-0.3, -0.25) is 0 Å². The first-order valence-corrected chi connectivity index (χ1v) is 6.99. The number of nitrogens with one attached hydrogen (secondary N) is 1. The third kappa shape index (κ3) is 6.76. The fourth-order valence-corrected chi connectivity index (χ4v) is 1.81. The van der Waals surface area contributed by atoms with Crippen LogP contribution in [0.15, 0.2) is 10.5 Å². The molecule has 1 aromatic heterocycles. The van der Waals surface area contributed by atoms with Gasteiger partial charge >= 0.3 is 0 Å². The van der Waals surface area contributed by atoms with Crippen molar-refractivity contribution in [2.45, 2.75) is 40.3 Å². The summed E-state index contributed by atoms with van der Waals surface area (Å²) in [6.45, 7) is 10.3. The van der Waals surface area contributed by atoms with Crippen LogP contribution in [0, 0.1) is 12.8 Å². The summed E-state index contributed by atoms with van der Waals surface area (Å²) in [5.41, 5.74) is 1.22. The molecule has 1 N–H and O–H groups in total. The lowest BCUT2D eigenvalue weighted by Crippen LogP contribution is -2.18. The van der Waals surface area contributed by atoms with Crippen molar-refractivity contribution >= 4 is 0 Å². The predicted molar refractivity (Wildman–Crippen MR) is 76.1 cm³/mol. The summed E-state index contributed by atoms with van der Waals surface area (Å²) in [5, 5.41) is 3.42. The van der Waals surface area contributed by atoms with E-state index in [0.717, 1.165) is 37.6 Å². The van der Waals surface area contributed by atoms with Crippen LogP contribution in [-0.4, -0.2) is 26.9 Å². The number of ether oxygens (including phenoxy) is 2. The van der Waals surface area contributed by atoms with Gasteiger partial charge in [0, 0.05) is 32.4 Å². The molecule has 1 rings (SSSR count). The van der Waals surface area contributed by atoms with Crippen LogP contribution < -0.4 is 5.32 Å². The summed E-state index contributed by atoms with van der Waals surface area (Å²) >= 11 is 0. The van der Waals surface area contributed by atoms with E-state index < -0.39 is 0 Å². The van der Waals surface area contributed by atoms with Crippen molar-refractivity contribution in [3.63, 3.8) is 0 Å². The van der Waals surface area contributed by atoms with Gasteiger partial charge in [0.1, 0.15) is 18.1 Å². The lowest BCUT2D eigenvalue weighted by atomic mass is 10.2. The molecule has 0 spiro atoms. The molecule has 0 aliphatic rings. The summed E-state index contributed by atoms with van der Waals surface area (Å²) in [7, 11) is 1.70. The van der Waals surface area contributed by atoms with Crippen LogP contribution in [0.5, 0.6) is 0 Å². The van der Waals surface area contributed by atoms with Crippen molar-refractivity contribution in [1.29, 1.82) is 0 Å². The molecule has 0 saturated carbocycles. The van der Waals surface area contributed by atoms with Gasteiger partial charge in [0.15, 0.2) is 0 Å². The second-order valence-electron chi connectivity index (χ2n) is 5.22. The molecular weight excluding hydrogens is 242 g/mol. The molecule has 4 heteroatoms. The lowest BCUT2D eigenvalue weighted by Gasteiger charge is -2.05. The van der Waals surface area contributed by atoms with Crippen LogP contribution >= 0.6 is 0 Å². The maximum Gasteiger partial charge on any atom is 0.130 e. The minimum absolute atomic E-state index is 0.536. The molecule has 0 saturated heterocycles. The van der Waals surface area contributed by atoms with E-state index in [1.807, 2.05) is 6.92 Å². The fraction of sp³-hybridized carbons (Fsp3) is 0.733. The molecule has 1 heterocycles. The minimum atomic E-state index is 0.536. The Bertz CT molecular complexity index is 347. The molecule has 0 aliphatic carbocycles. The molecule has 0 unspecified atom stereocenters. The summed E-state index contributed by atoms with van der Waals surface area (Å²) in [5.74, 6) is 2.54. The maximum atomic E-state index is 5.68. The van der Waals surface area contributed by atoms with Gasteiger partial charge in [0.05, 0.1) is 0 Å².